The standard InChI is InChI=1S/C16H20N4O2/c1-18-9-12(8-17-18)10-19-5-2-15-14(19)3-6-20(15)16(21)13-4-7-22-11-13/h4,7-9,11,14-15H,2-3,5-6,10H2,1H3/t14-,15+/m0/s1. The summed E-state index contributed by atoms with van der Waals surface area (Å²) in [5.74, 6) is 0.101. The van der Waals surface area contributed by atoms with Crippen molar-refractivity contribution in [2.45, 2.75) is 31.5 Å². The molecule has 2 atom stereocenters. The van der Waals surface area contributed by atoms with Crippen LogP contribution in [0, 0.1) is 0 Å². The zero-order valence-corrected chi connectivity index (χ0v) is 12.7. The first-order valence-corrected chi connectivity index (χ1v) is 7.77. The van der Waals surface area contributed by atoms with Gasteiger partial charge in [-0.2, -0.15) is 5.10 Å². The van der Waals surface area contributed by atoms with Gasteiger partial charge in [0.15, 0.2) is 0 Å². The Kier molecular flexibility index (Phi) is 3.26. The van der Waals surface area contributed by atoms with Gasteiger partial charge in [-0.15, -0.1) is 0 Å². The summed E-state index contributed by atoms with van der Waals surface area (Å²) in [6, 6.07) is 2.55. The number of likely N-dealkylation sites (tertiary alicyclic amines) is 2. The minimum atomic E-state index is 0.101. The van der Waals surface area contributed by atoms with Crippen molar-refractivity contribution in [3.8, 4) is 0 Å². The van der Waals surface area contributed by atoms with Crippen LogP contribution in [-0.2, 0) is 13.6 Å². The van der Waals surface area contributed by atoms with Gasteiger partial charge < -0.3 is 9.32 Å². The highest BCUT2D eigenvalue weighted by molar-refractivity contribution is 5.94. The third-order valence-corrected chi connectivity index (χ3v) is 4.86. The second-order valence-electron chi connectivity index (χ2n) is 6.22. The highest BCUT2D eigenvalue weighted by Gasteiger charge is 2.44. The Morgan fingerprint density at radius 2 is 2.23 bits per heavy atom. The Hall–Kier alpha value is -2.08. The van der Waals surface area contributed by atoms with Crippen molar-refractivity contribution in [2.75, 3.05) is 13.1 Å². The van der Waals surface area contributed by atoms with Gasteiger partial charge in [-0.1, -0.05) is 0 Å². The highest BCUT2D eigenvalue weighted by atomic mass is 16.3. The number of carbonyl (C=O) groups is 1. The first kappa shape index (κ1) is 13.6. The number of aromatic nitrogens is 2. The average Bonchev–Trinajstić information content (AvgIpc) is 3.24. The first-order valence-electron chi connectivity index (χ1n) is 7.77. The van der Waals surface area contributed by atoms with Crippen LogP contribution in [0.5, 0.6) is 0 Å². The largest absolute Gasteiger partial charge is 0.472 e. The lowest BCUT2D eigenvalue weighted by Gasteiger charge is -2.25. The number of aryl methyl sites for hydroxylation is 1. The second kappa shape index (κ2) is 5.28. The average molecular weight is 300 g/mol. The lowest BCUT2D eigenvalue weighted by Crippen LogP contribution is -2.39. The second-order valence-corrected chi connectivity index (χ2v) is 6.22. The van der Waals surface area contributed by atoms with E-state index in [0.717, 1.165) is 32.5 Å². The van der Waals surface area contributed by atoms with E-state index in [-0.39, 0.29) is 5.91 Å². The summed E-state index contributed by atoms with van der Waals surface area (Å²) < 4.78 is 6.88. The molecule has 116 valence electrons. The molecule has 6 nitrogen and oxygen atoms in total. The molecule has 0 radical (unpaired) electrons. The molecule has 2 aliphatic heterocycles. The molecule has 6 heteroatoms. The summed E-state index contributed by atoms with van der Waals surface area (Å²) in [6.07, 6.45) is 9.19. The molecular formula is C16H20N4O2. The van der Waals surface area contributed by atoms with Crippen molar-refractivity contribution >= 4 is 5.91 Å². The molecular weight excluding hydrogens is 280 g/mol. The van der Waals surface area contributed by atoms with Gasteiger partial charge in [-0.3, -0.25) is 14.4 Å². The lowest BCUT2D eigenvalue weighted by atomic mass is 10.1. The van der Waals surface area contributed by atoms with Gasteiger partial charge >= 0.3 is 0 Å². The number of carbonyl (C=O) groups excluding carboxylic acids is 1. The predicted molar refractivity (Wildman–Crippen MR) is 80.2 cm³/mol. The van der Waals surface area contributed by atoms with Crippen molar-refractivity contribution in [3.63, 3.8) is 0 Å². The Morgan fingerprint density at radius 3 is 2.95 bits per heavy atom. The molecule has 0 N–H and O–H groups in total. The molecule has 1 amide bonds. The van der Waals surface area contributed by atoms with Crippen LogP contribution in [0.15, 0.2) is 35.4 Å². The molecule has 2 aliphatic rings. The number of rotatable bonds is 3. The molecule has 22 heavy (non-hydrogen) atoms. The van der Waals surface area contributed by atoms with Gasteiger partial charge in [0.2, 0.25) is 0 Å². The van der Waals surface area contributed by atoms with Crippen LogP contribution in [0.2, 0.25) is 0 Å². The van der Waals surface area contributed by atoms with Crippen molar-refractivity contribution in [1.29, 1.82) is 0 Å². The number of furan rings is 1. The monoisotopic (exact) mass is 300 g/mol. The Balaban J connectivity index is 1.46. The van der Waals surface area contributed by atoms with Crippen molar-refractivity contribution in [1.82, 2.24) is 19.6 Å². The van der Waals surface area contributed by atoms with Gasteiger partial charge in [-0.05, 0) is 18.9 Å². The number of amides is 1. The van der Waals surface area contributed by atoms with E-state index < -0.39 is 0 Å². The molecule has 0 aromatic carbocycles. The van der Waals surface area contributed by atoms with Crippen LogP contribution >= 0.6 is 0 Å². The maximum absolute atomic E-state index is 12.6. The van der Waals surface area contributed by atoms with Crippen molar-refractivity contribution in [3.05, 3.63) is 42.1 Å². The Morgan fingerprint density at radius 1 is 1.36 bits per heavy atom. The van der Waals surface area contributed by atoms with Gasteiger partial charge in [0.25, 0.3) is 5.91 Å². The molecule has 0 aliphatic carbocycles. The molecule has 0 unspecified atom stereocenters. The quantitative estimate of drug-likeness (QED) is 0.862. The summed E-state index contributed by atoms with van der Waals surface area (Å²) >= 11 is 0. The van der Waals surface area contributed by atoms with E-state index in [1.807, 2.05) is 22.8 Å². The maximum Gasteiger partial charge on any atom is 0.257 e. The first-order chi connectivity index (χ1) is 10.7. The third kappa shape index (κ3) is 2.23. The van der Waals surface area contributed by atoms with Crippen LogP contribution in [0.3, 0.4) is 0 Å². The molecule has 2 fully saturated rings. The summed E-state index contributed by atoms with van der Waals surface area (Å²) in [7, 11) is 1.94. The highest BCUT2D eigenvalue weighted by Crippen LogP contribution is 2.33. The van der Waals surface area contributed by atoms with E-state index >= 15 is 0 Å². The van der Waals surface area contributed by atoms with Crippen LogP contribution in [0.1, 0.15) is 28.8 Å². The molecule has 0 saturated carbocycles. The third-order valence-electron chi connectivity index (χ3n) is 4.86. The summed E-state index contributed by atoms with van der Waals surface area (Å²) in [5, 5.41) is 4.24. The van der Waals surface area contributed by atoms with Gasteiger partial charge in [0.1, 0.15) is 6.26 Å². The molecule has 4 rings (SSSR count). The fourth-order valence-electron chi connectivity index (χ4n) is 3.86. The van der Waals surface area contributed by atoms with E-state index in [2.05, 4.69) is 16.2 Å². The topological polar surface area (TPSA) is 54.5 Å². The SMILES string of the molecule is Cn1cc(CN2CC[C@@H]3[C@@H]2CCN3C(=O)c2ccoc2)cn1. The lowest BCUT2D eigenvalue weighted by molar-refractivity contribution is 0.0731. The van der Waals surface area contributed by atoms with Crippen LogP contribution in [0.25, 0.3) is 0 Å². The maximum atomic E-state index is 12.6. The fraction of sp³-hybridized carbons (Fsp3) is 0.500. The summed E-state index contributed by atoms with van der Waals surface area (Å²) in [4.78, 5) is 17.1. The van der Waals surface area contributed by atoms with Crippen molar-refractivity contribution in [2.24, 2.45) is 7.05 Å². The van der Waals surface area contributed by atoms with Gasteiger partial charge in [0, 0.05) is 50.5 Å². The summed E-state index contributed by atoms with van der Waals surface area (Å²) in [6.45, 7) is 2.80. The van der Waals surface area contributed by atoms with E-state index in [1.165, 1.54) is 11.8 Å². The molecule has 0 bridgehead atoms. The van der Waals surface area contributed by atoms with E-state index in [1.54, 1.807) is 12.3 Å². The number of nitrogens with zero attached hydrogens (tertiary/aromatic N) is 4. The Labute approximate surface area is 129 Å². The van der Waals surface area contributed by atoms with Crippen molar-refractivity contribution < 1.29 is 9.21 Å². The number of fused-ring (bicyclic) bond motifs is 1. The molecule has 2 aromatic heterocycles. The molecule has 2 saturated heterocycles. The van der Waals surface area contributed by atoms with E-state index in [0.29, 0.717) is 17.6 Å². The van der Waals surface area contributed by atoms with E-state index in [9.17, 15) is 4.79 Å². The normalized spacial score (nSPS) is 24.9. The Bertz CT molecular complexity index is 664. The smallest absolute Gasteiger partial charge is 0.257 e. The fourth-order valence-corrected chi connectivity index (χ4v) is 3.86. The molecule has 2 aromatic rings. The minimum Gasteiger partial charge on any atom is -0.472 e. The minimum absolute atomic E-state index is 0.101. The predicted octanol–water partition coefficient (Wildman–Crippen LogP) is 1.50. The molecule has 4 heterocycles. The van der Waals surface area contributed by atoms with Gasteiger partial charge in [-0.25, -0.2) is 0 Å². The number of hydrogen-bond acceptors (Lipinski definition) is 4. The van der Waals surface area contributed by atoms with Crippen LogP contribution in [-0.4, -0.2) is 50.7 Å². The van der Waals surface area contributed by atoms with Crippen LogP contribution < -0.4 is 0 Å². The zero-order valence-electron chi connectivity index (χ0n) is 12.7. The zero-order chi connectivity index (χ0) is 15.1. The summed E-state index contributed by atoms with van der Waals surface area (Å²) in [5.41, 5.74) is 1.90. The number of hydrogen-bond donors (Lipinski definition) is 0. The van der Waals surface area contributed by atoms with E-state index in [4.69, 9.17) is 4.42 Å². The van der Waals surface area contributed by atoms with Gasteiger partial charge in [0.05, 0.1) is 18.0 Å². The molecule has 0 spiro atoms. The van der Waals surface area contributed by atoms with Crippen LogP contribution in [0.4, 0.5) is 0 Å².